The first kappa shape index (κ1) is 24.7. The summed E-state index contributed by atoms with van der Waals surface area (Å²) in [5.41, 5.74) is 7.13. The van der Waals surface area contributed by atoms with E-state index >= 15 is 0 Å². The first-order valence-corrected chi connectivity index (χ1v) is 12.4. The average Bonchev–Trinajstić information content (AvgIpc) is 2.94. The second-order valence-electron chi connectivity index (χ2n) is 9.24. The van der Waals surface area contributed by atoms with Crippen LogP contribution in [0.2, 0.25) is 0 Å². The van der Waals surface area contributed by atoms with Gasteiger partial charge in [-0.05, 0) is 80.9 Å². The zero-order valence-electron chi connectivity index (χ0n) is 21.6. The van der Waals surface area contributed by atoms with Crippen LogP contribution in [0.3, 0.4) is 0 Å². The van der Waals surface area contributed by atoms with Crippen molar-refractivity contribution in [3.8, 4) is 0 Å². The van der Waals surface area contributed by atoms with Gasteiger partial charge in [0.25, 0.3) is 0 Å². The van der Waals surface area contributed by atoms with Crippen LogP contribution in [-0.4, -0.2) is 20.2 Å². The molecule has 5 aromatic rings. The molecule has 0 saturated carbocycles. The van der Waals surface area contributed by atoms with Crippen LogP contribution in [0.15, 0.2) is 91.0 Å². The van der Waals surface area contributed by atoms with E-state index in [1.807, 2.05) is 25.1 Å². The van der Waals surface area contributed by atoms with Crippen LogP contribution >= 0.6 is 0 Å². The highest BCUT2D eigenvalue weighted by Crippen LogP contribution is 2.44. The molecule has 5 rings (SSSR count). The molecule has 0 aliphatic rings. The zero-order chi connectivity index (χ0) is 25.9. The van der Waals surface area contributed by atoms with Crippen molar-refractivity contribution in [2.45, 2.75) is 26.4 Å². The van der Waals surface area contributed by atoms with Crippen molar-refractivity contribution in [1.82, 2.24) is 0 Å². The number of fused-ring (bicyclic) bond motifs is 2. The predicted octanol–water partition coefficient (Wildman–Crippen LogP) is 7.65. The molecule has 0 N–H and O–H groups in total. The maximum absolute atomic E-state index is 12.9. The molecule has 0 heterocycles. The summed E-state index contributed by atoms with van der Waals surface area (Å²) in [5.74, 6) is -0.469. The van der Waals surface area contributed by atoms with E-state index in [0.717, 1.165) is 44.0 Å². The van der Waals surface area contributed by atoms with Crippen LogP contribution in [0.4, 0.5) is 0 Å². The molecule has 5 aromatic carbocycles. The molecule has 4 heteroatoms. The Morgan fingerprint density at radius 1 is 0.730 bits per heavy atom. The van der Waals surface area contributed by atoms with Crippen molar-refractivity contribution < 1.29 is 19.3 Å². The topological polar surface area (TPSA) is 44.8 Å². The smallest absolute Gasteiger partial charge is 0.338 e. The van der Waals surface area contributed by atoms with Gasteiger partial charge in [-0.3, -0.25) is 0 Å². The molecule has 4 nitrogen and oxygen atoms in total. The number of ether oxygens (including phenoxy) is 1. The highest BCUT2D eigenvalue weighted by Gasteiger charge is 2.28. The van der Waals surface area contributed by atoms with Gasteiger partial charge in [-0.2, -0.15) is 0 Å². The number of hydrogen-bond acceptors (Lipinski definition) is 4. The summed E-state index contributed by atoms with van der Waals surface area (Å²) in [6.45, 7) is 4.51. The van der Waals surface area contributed by atoms with Gasteiger partial charge in [0.05, 0.1) is 19.8 Å². The fraction of sp³-hybridized carbons (Fsp3) is 0.182. The Morgan fingerprint density at radius 3 is 1.92 bits per heavy atom. The molecule has 0 saturated heterocycles. The summed E-state index contributed by atoms with van der Waals surface area (Å²) in [7, 11) is 2.96. The summed E-state index contributed by atoms with van der Waals surface area (Å²) in [5, 5.41) is 4.42. The van der Waals surface area contributed by atoms with Gasteiger partial charge in [-0.25, -0.2) is 14.6 Å². The number of hydrogen-bond donors (Lipinski definition) is 0. The van der Waals surface area contributed by atoms with Crippen LogP contribution in [0.5, 0.6) is 0 Å². The van der Waals surface area contributed by atoms with E-state index in [1.54, 1.807) is 0 Å². The Balaban J connectivity index is 1.94. The number of methoxy groups -OCH3 is 1. The lowest BCUT2D eigenvalue weighted by Crippen LogP contribution is -2.14. The van der Waals surface area contributed by atoms with Crippen molar-refractivity contribution >= 4 is 27.5 Å². The van der Waals surface area contributed by atoms with Gasteiger partial charge in [0.15, 0.2) is 0 Å². The minimum Gasteiger partial charge on any atom is -0.465 e. The minimum absolute atomic E-state index is 0.136. The maximum atomic E-state index is 12.9. The molecule has 1 atom stereocenters. The molecule has 0 aliphatic heterocycles. The molecule has 0 radical (unpaired) electrons. The molecule has 186 valence electrons. The third-order valence-electron chi connectivity index (χ3n) is 7.27. The van der Waals surface area contributed by atoms with Crippen molar-refractivity contribution in [1.29, 1.82) is 0 Å². The second kappa shape index (κ2) is 10.6. The van der Waals surface area contributed by atoms with Crippen molar-refractivity contribution in [3.05, 3.63) is 130 Å². The molecule has 0 bridgehead atoms. The highest BCUT2D eigenvalue weighted by molar-refractivity contribution is 6.00. The Hall–Kier alpha value is -3.99. The SMILES string of the molecule is COOCc1cc2ccccc2c(C(c2ccccc2)c2c(C)c(C(=O)OC)cc3ccccc23)c1C. The maximum Gasteiger partial charge on any atom is 0.338 e. The molecule has 0 spiro atoms. The summed E-state index contributed by atoms with van der Waals surface area (Å²) in [6, 6.07) is 31.3. The fourth-order valence-electron chi connectivity index (χ4n) is 5.48. The third-order valence-corrected chi connectivity index (χ3v) is 7.27. The average molecular weight is 491 g/mol. The lowest BCUT2D eigenvalue weighted by molar-refractivity contribution is -0.282. The first-order chi connectivity index (χ1) is 18.0. The Labute approximate surface area is 217 Å². The van der Waals surface area contributed by atoms with Crippen LogP contribution in [0.1, 0.15) is 49.7 Å². The number of esters is 1. The molecule has 1 unspecified atom stereocenters. The minimum atomic E-state index is -0.333. The largest absolute Gasteiger partial charge is 0.465 e. The van der Waals surface area contributed by atoms with E-state index in [2.05, 4.69) is 79.7 Å². The molecule has 37 heavy (non-hydrogen) atoms. The third kappa shape index (κ3) is 4.50. The van der Waals surface area contributed by atoms with Crippen LogP contribution < -0.4 is 0 Å². The number of carbonyl (C=O) groups excluding carboxylic acids is 1. The van der Waals surface area contributed by atoms with Gasteiger partial charge in [0.1, 0.15) is 6.61 Å². The van der Waals surface area contributed by atoms with Gasteiger partial charge < -0.3 is 4.74 Å². The Morgan fingerprint density at radius 2 is 1.30 bits per heavy atom. The predicted molar refractivity (Wildman–Crippen MR) is 148 cm³/mol. The molecule has 0 fully saturated rings. The van der Waals surface area contributed by atoms with E-state index in [-0.39, 0.29) is 11.9 Å². The van der Waals surface area contributed by atoms with E-state index < -0.39 is 0 Å². The van der Waals surface area contributed by atoms with E-state index in [4.69, 9.17) is 14.5 Å². The molecular weight excluding hydrogens is 460 g/mol. The van der Waals surface area contributed by atoms with Gasteiger partial charge in [0, 0.05) is 5.92 Å². The molecule has 0 aromatic heterocycles. The number of benzene rings is 5. The van der Waals surface area contributed by atoms with Crippen molar-refractivity contribution in [2.24, 2.45) is 0 Å². The number of rotatable bonds is 7. The summed E-state index contributed by atoms with van der Waals surface area (Å²) in [4.78, 5) is 23.3. The first-order valence-electron chi connectivity index (χ1n) is 12.4. The van der Waals surface area contributed by atoms with E-state index in [9.17, 15) is 4.79 Å². The molecule has 0 aliphatic carbocycles. The zero-order valence-corrected chi connectivity index (χ0v) is 21.6. The summed E-state index contributed by atoms with van der Waals surface area (Å²) in [6.07, 6.45) is 0. The quantitative estimate of drug-likeness (QED) is 0.102. The van der Waals surface area contributed by atoms with Crippen LogP contribution in [-0.2, 0) is 21.1 Å². The van der Waals surface area contributed by atoms with Crippen LogP contribution in [0.25, 0.3) is 21.5 Å². The lowest BCUT2D eigenvalue weighted by atomic mass is 9.75. The van der Waals surface area contributed by atoms with Crippen molar-refractivity contribution in [3.63, 3.8) is 0 Å². The second-order valence-corrected chi connectivity index (χ2v) is 9.24. The Kier molecular flexibility index (Phi) is 7.04. The van der Waals surface area contributed by atoms with Gasteiger partial charge in [-0.1, -0.05) is 78.9 Å². The summed E-state index contributed by atoms with van der Waals surface area (Å²) < 4.78 is 5.20. The van der Waals surface area contributed by atoms with Crippen LogP contribution in [0, 0.1) is 13.8 Å². The number of carbonyl (C=O) groups is 1. The Bertz CT molecular complexity index is 1590. The normalized spacial score (nSPS) is 12.1. The highest BCUT2D eigenvalue weighted by atomic mass is 17.2. The standard InChI is InChI=1S/C33H30O4/c1-21-26(20-37-36-4)18-24-14-8-10-16-27(24)30(21)32(23-12-6-5-7-13-23)31-22(2)29(33(34)35-3)19-25-15-9-11-17-28(25)31/h5-19,32H,20H2,1-4H3. The van der Waals surface area contributed by atoms with Gasteiger partial charge in [0.2, 0.25) is 0 Å². The van der Waals surface area contributed by atoms with Gasteiger partial charge in [-0.15, -0.1) is 0 Å². The van der Waals surface area contributed by atoms with E-state index in [1.165, 1.54) is 25.2 Å². The van der Waals surface area contributed by atoms with E-state index in [0.29, 0.717) is 12.2 Å². The summed E-state index contributed by atoms with van der Waals surface area (Å²) >= 11 is 0. The lowest BCUT2D eigenvalue weighted by Gasteiger charge is -2.28. The van der Waals surface area contributed by atoms with Gasteiger partial charge >= 0.3 is 5.97 Å². The fourth-order valence-corrected chi connectivity index (χ4v) is 5.48. The molecular formula is C33H30O4. The van der Waals surface area contributed by atoms with Crippen molar-refractivity contribution in [2.75, 3.05) is 14.2 Å². The molecule has 0 amide bonds. The monoisotopic (exact) mass is 490 g/mol.